The molecule has 1 aliphatic rings. The first kappa shape index (κ1) is 20.6. The van der Waals surface area contributed by atoms with Crippen LogP contribution in [-0.2, 0) is 33.2 Å². The lowest BCUT2D eigenvalue weighted by Crippen LogP contribution is -2.41. The monoisotopic (exact) mass is 415 g/mol. The molecule has 1 saturated heterocycles. The standard InChI is InChI=1S/C18H20F3N3O3S/c19-18(20,21)16-5-6-22-17(11-16)23-12-14-3-1-2-4-15(14)13-28(25,26)24-7-9-27-10-8-24/h1-6,11H,7-10,12-13H2,(H,22,23). The summed E-state index contributed by atoms with van der Waals surface area (Å²) in [7, 11) is -3.51. The van der Waals surface area contributed by atoms with Gasteiger partial charge in [0.1, 0.15) is 5.82 Å². The molecule has 0 bridgehead atoms. The van der Waals surface area contributed by atoms with Crippen LogP contribution in [0, 0.1) is 0 Å². The highest BCUT2D eigenvalue weighted by Crippen LogP contribution is 2.30. The van der Waals surface area contributed by atoms with Crippen LogP contribution in [0.1, 0.15) is 16.7 Å². The molecule has 2 heterocycles. The summed E-state index contributed by atoms with van der Waals surface area (Å²) < 4.78 is 70.3. The third kappa shape index (κ3) is 5.21. The number of hydrogen-bond acceptors (Lipinski definition) is 5. The first-order chi connectivity index (χ1) is 13.3. The van der Waals surface area contributed by atoms with Crippen molar-refractivity contribution in [2.24, 2.45) is 0 Å². The predicted molar refractivity (Wildman–Crippen MR) is 98.0 cm³/mol. The number of morpholine rings is 1. The SMILES string of the molecule is O=S(=O)(Cc1ccccc1CNc1cc(C(F)(F)F)ccn1)N1CCOCC1. The number of hydrogen-bond donors (Lipinski definition) is 1. The minimum atomic E-state index is -4.45. The number of nitrogens with one attached hydrogen (secondary N) is 1. The minimum Gasteiger partial charge on any atom is -0.379 e. The van der Waals surface area contributed by atoms with Gasteiger partial charge in [-0.25, -0.2) is 13.4 Å². The number of alkyl halides is 3. The Balaban J connectivity index is 1.72. The van der Waals surface area contributed by atoms with Gasteiger partial charge in [-0.1, -0.05) is 24.3 Å². The van der Waals surface area contributed by atoms with E-state index in [4.69, 9.17) is 4.74 Å². The normalized spacial score (nSPS) is 16.1. The molecule has 0 unspecified atom stereocenters. The number of sulfonamides is 1. The molecule has 1 fully saturated rings. The minimum absolute atomic E-state index is 0.0701. The molecule has 3 rings (SSSR count). The van der Waals surface area contributed by atoms with Crippen molar-refractivity contribution in [3.8, 4) is 0 Å². The van der Waals surface area contributed by atoms with Gasteiger partial charge in [0.25, 0.3) is 0 Å². The zero-order valence-electron chi connectivity index (χ0n) is 14.9. The highest BCUT2D eigenvalue weighted by atomic mass is 32.2. The topological polar surface area (TPSA) is 71.5 Å². The summed E-state index contributed by atoms with van der Waals surface area (Å²) in [4.78, 5) is 3.89. The molecule has 10 heteroatoms. The number of halogens is 3. The molecule has 1 aromatic heterocycles. The van der Waals surface area contributed by atoms with Gasteiger partial charge < -0.3 is 10.1 Å². The zero-order chi connectivity index (χ0) is 20.2. The third-order valence-electron chi connectivity index (χ3n) is 4.37. The molecule has 0 amide bonds. The van der Waals surface area contributed by atoms with Crippen LogP contribution in [-0.4, -0.2) is 44.0 Å². The Labute approximate surface area is 161 Å². The average molecular weight is 415 g/mol. The van der Waals surface area contributed by atoms with Crippen LogP contribution in [0.25, 0.3) is 0 Å². The van der Waals surface area contributed by atoms with E-state index in [0.29, 0.717) is 37.4 Å². The van der Waals surface area contributed by atoms with Crippen LogP contribution in [0.3, 0.4) is 0 Å². The van der Waals surface area contributed by atoms with Gasteiger partial charge in [0, 0.05) is 25.8 Å². The summed E-state index contributed by atoms with van der Waals surface area (Å²) in [6.07, 6.45) is -3.37. The van der Waals surface area contributed by atoms with E-state index in [1.807, 2.05) is 0 Å². The Bertz CT molecular complexity index is 914. The van der Waals surface area contributed by atoms with E-state index in [0.717, 1.165) is 18.3 Å². The van der Waals surface area contributed by atoms with Crippen molar-refractivity contribution in [2.75, 3.05) is 31.6 Å². The average Bonchev–Trinajstić information content (AvgIpc) is 2.67. The van der Waals surface area contributed by atoms with Crippen molar-refractivity contribution in [3.05, 3.63) is 59.3 Å². The molecule has 1 aromatic carbocycles. The highest BCUT2D eigenvalue weighted by molar-refractivity contribution is 7.88. The molecule has 28 heavy (non-hydrogen) atoms. The van der Waals surface area contributed by atoms with Crippen molar-refractivity contribution in [3.63, 3.8) is 0 Å². The number of nitrogens with zero attached hydrogens (tertiary/aromatic N) is 2. The van der Waals surface area contributed by atoms with Crippen LogP contribution in [0.4, 0.5) is 19.0 Å². The fourth-order valence-corrected chi connectivity index (χ4v) is 4.44. The molecular formula is C18H20F3N3O3S. The Kier molecular flexibility index (Phi) is 6.21. The summed E-state index contributed by atoms with van der Waals surface area (Å²) in [5.74, 6) is -0.110. The van der Waals surface area contributed by atoms with E-state index in [2.05, 4.69) is 10.3 Å². The highest BCUT2D eigenvalue weighted by Gasteiger charge is 2.30. The maximum atomic E-state index is 12.8. The largest absolute Gasteiger partial charge is 0.416 e. The Hall–Kier alpha value is -2.17. The van der Waals surface area contributed by atoms with Crippen LogP contribution in [0.2, 0.25) is 0 Å². The first-order valence-corrected chi connectivity index (χ1v) is 10.3. The lowest BCUT2D eigenvalue weighted by molar-refractivity contribution is -0.137. The number of pyridine rings is 1. The van der Waals surface area contributed by atoms with Gasteiger partial charge in [-0.2, -0.15) is 17.5 Å². The van der Waals surface area contributed by atoms with Crippen molar-refractivity contribution in [2.45, 2.75) is 18.5 Å². The molecule has 1 aliphatic heterocycles. The van der Waals surface area contributed by atoms with Crippen molar-refractivity contribution < 1.29 is 26.3 Å². The summed E-state index contributed by atoms with van der Waals surface area (Å²) in [5.41, 5.74) is 0.472. The second kappa shape index (κ2) is 8.46. The van der Waals surface area contributed by atoms with Crippen molar-refractivity contribution in [1.82, 2.24) is 9.29 Å². The van der Waals surface area contributed by atoms with Gasteiger partial charge in [0.15, 0.2) is 0 Å². The maximum absolute atomic E-state index is 12.8. The smallest absolute Gasteiger partial charge is 0.379 e. The van der Waals surface area contributed by atoms with Crippen LogP contribution >= 0.6 is 0 Å². The van der Waals surface area contributed by atoms with E-state index in [1.54, 1.807) is 24.3 Å². The molecule has 2 aromatic rings. The Morgan fingerprint density at radius 3 is 2.46 bits per heavy atom. The second-order valence-corrected chi connectivity index (χ2v) is 8.29. The van der Waals surface area contributed by atoms with Crippen LogP contribution < -0.4 is 5.32 Å². The summed E-state index contributed by atoms with van der Waals surface area (Å²) in [5, 5.41) is 2.84. The summed E-state index contributed by atoms with van der Waals surface area (Å²) >= 11 is 0. The number of aromatic nitrogens is 1. The Morgan fingerprint density at radius 2 is 1.79 bits per heavy atom. The van der Waals surface area contributed by atoms with E-state index >= 15 is 0 Å². The molecule has 0 spiro atoms. The number of rotatable bonds is 6. The quantitative estimate of drug-likeness (QED) is 0.786. The van der Waals surface area contributed by atoms with Gasteiger partial charge in [-0.05, 0) is 23.3 Å². The zero-order valence-corrected chi connectivity index (χ0v) is 15.8. The molecule has 0 atom stereocenters. The van der Waals surface area contributed by atoms with Gasteiger partial charge >= 0.3 is 6.18 Å². The van der Waals surface area contributed by atoms with E-state index < -0.39 is 21.8 Å². The molecule has 6 nitrogen and oxygen atoms in total. The van der Waals surface area contributed by atoms with Crippen LogP contribution in [0.15, 0.2) is 42.6 Å². The number of ether oxygens (including phenoxy) is 1. The third-order valence-corrected chi connectivity index (χ3v) is 6.19. The fourth-order valence-electron chi connectivity index (χ4n) is 2.87. The predicted octanol–water partition coefficient (Wildman–Crippen LogP) is 2.87. The number of anilines is 1. The van der Waals surface area contributed by atoms with Crippen LogP contribution in [0.5, 0.6) is 0 Å². The second-order valence-electron chi connectivity index (χ2n) is 6.32. The van der Waals surface area contributed by atoms with E-state index in [-0.39, 0.29) is 18.1 Å². The lowest BCUT2D eigenvalue weighted by atomic mass is 10.1. The summed E-state index contributed by atoms with van der Waals surface area (Å²) in [6, 6.07) is 8.75. The summed E-state index contributed by atoms with van der Waals surface area (Å²) in [6.45, 7) is 1.52. The van der Waals surface area contributed by atoms with Gasteiger partial charge in [0.05, 0.1) is 24.5 Å². The van der Waals surface area contributed by atoms with Crippen molar-refractivity contribution in [1.29, 1.82) is 0 Å². The maximum Gasteiger partial charge on any atom is 0.416 e. The molecule has 0 saturated carbocycles. The van der Waals surface area contributed by atoms with Gasteiger partial charge in [0.2, 0.25) is 10.0 Å². The number of benzene rings is 1. The Morgan fingerprint density at radius 1 is 1.11 bits per heavy atom. The fraction of sp³-hybridized carbons (Fsp3) is 0.389. The van der Waals surface area contributed by atoms with Gasteiger partial charge in [-0.15, -0.1) is 0 Å². The van der Waals surface area contributed by atoms with Crippen molar-refractivity contribution >= 4 is 15.8 Å². The molecule has 1 N–H and O–H groups in total. The van der Waals surface area contributed by atoms with E-state index in [9.17, 15) is 21.6 Å². The molecule has 152 valence electrons. The molecule has 0 radical (unpaired) electrons. The van der Waals surface area contributed by atoms with Gasteiger partial charge in [-0.3, -0.25) is 0 Å². The molecule has 0 aliphatic carbocycles. The molecular weight excluding hydrogens is 395 g/mol. The lowest BCUT2D eigenvalue weighted by Gasteiger charge is -2.26. The van der Waals surface area contributed by atoms with E-state index in [1.165, 1.54) is 4.31 Å². The first-order valence-electron chi connectivity index (χ1n) is 8.65.